The Bertz CT molecular complexity index is 665. The summed E-state index contributed by atoms with van der Waals surface area (Å²) in [5.41, 5.74) is 4.58. The maximum absolute atomic E-state index is 12.6. The molecule has 0 heterocycles. The molecule has 0 bridgehead atoms. The van der Waals surface area contributed by atoms with Crippen molar-refractivity contribution in [2.75, 3.05) is 0 Å². The number of hydrogen-bond acceptors (Lipinski definition) is 3. The van der Waals surface area contributed by atoms with Crippen LogP contribution in [0.2, 0.25) is 0 Å². The number of amides is 1. The van der Waals surface area contributed by atoms with Crippen molar-refractivity contribution in [3.05, 3.63) is 29.8 Å². The molecule has 9 heteroatoms. The van der Waals surface area contributed by atoms with Crippen LogP contribution in [-0.4, -0.2) is 16.2 Å². The Morgan fingerprint density at radius 2 is 1.95 bits per heavy atom. The van der Waals surface area contributed by atoms with Crippen LogP contribution in [0.15, 0.2) is 33.5 Å². The molecule has 1 aromatic rings. The summed E-state index contributed by atoms with van der Waals surface area (Å²) in [4.78, 5) is 11.4. The number of nitrogens with zero attached hydrogens (tertiary/aromatic N) is 1. The first-order valence-corrected chi connectivity index (χ1v) is 8.03. The predicted molar refractivity (Wildman–Crippen MR) is 76.9 cm³/mol. The number of benzene rings is 1. The quantitative estimate of drug-likeness (QED) is 0.882. The van der Waals surface area contributed by atoms with E-state index in [-0.39, 0.29) is 10.8 Å². The first-order valence-electron chi connectivity index (χ1n) is 6.45. The minimum Gasteiger partial charge on any atom is -0.320 e. The van der Waals surface area contributed by atoms with Gasteiger partial charge in [0.2, 0.25) is 0 Å². The van der Waals surface area contributed by atoms with Gasteiger partial charge in [0.05, 0.1) is 16.5 Å². The Kier molecular flexibility index (Phi) is 5.71. The molecule has 1 amide bonds. The number of carbonyl (C=O) groups excluding carboxylic acids is 1. The van der Waals surface area contributed by atoms with Crippen LogP contribution in [0.5, 0.6) is 0 Å². The molecule has 0 radical (unpaired) electrons. The molecule has 0 spiro atoms. The zero-order chi connectivity index (χ0) is 17.1. The van der Waals surface area contributed by atoms with E-state index in [1.165, 1.54) is 0 Å². The Labute approximate surface area is 127 Å². The Balaban J connectivity index is 3.16. The predicted octanol–water partition coefficient (Wildman–Crippen LogP) is 2.31. The van der Waals surface area contributed by atoms with Crippen molar-refractivity contribution in [3.8, 4) is 0 Å². The highest BCUT2D eigenvalue weighted by Crippen LogP contribution is 2.30. The highest BCUT2D eigenvalue weighted by Gasteiger charge is 2.31. The highest BCUT2D eigenvalue weighted by molar-refractivity contribution is 7.91. The minimum atomic E-state index is -4.61. The van der Waals surface area contributed by atoms with Crippen molar-refractivity contribution >= 4 is 15.8 Å². The molecule has 0 aromatic heterocycles. The molecule has 0 fully saturated rings. The van der Waals surface area contributed by atoms with Gasteiger partial charge in [-0.25, -0.2) is 9.35 Å². The van der Waals surface area contributed by atoms with Gasteiger partial charge in [-0.2, -0.15) is 13.2 Å². The zero-order valence-electron chi connectivity index (χ0n) is 12.1. The van der Waals surface area contributed by atoms with Crippen molar-refractivity contribution in [1.29, 1.82) is 0 Å². The van der Waals surface area contributed by atoms with E-state index in [2.05, 4.69) is 4.36 Å². The molecule has 0 saturated heterocycles. The largest absolute Gasteiger partial charge is 0.416 e. The Morgan fingerprint density at radius 1 is 1.36 bits per heavy atom. The Hall–Kier alpha value is -1.45. The van der Waals surface area contributed by atoms with Crippen molar-refractivity contribution in [2.24, 2.45) is 21.2 Å². The van der Waals surface area contributed by atoms with E-state index in [9.17, 15) is 22.2 Å². The molecular weight excluding hydrogens is 319 g/mol. The van der Waals surface area contributed by atoms with Crippen molar-refractivity contribution < 1.29 is 22.2 Å². The molecule has 22 heavy (non-hydrogen) atoms. The van der Waals surface area contributed by atoms with Gasteiger partial charge in [-0.3, -0.25) is 4.79 Å². The van der Waals surface area contributed by atoms with Gasteiger partial charge in [-0.15, -0.1) is 4.36 Å². The lowest BCUT2D eigenvalue weighted by atomic mass is 10.0. The SMILES string of the molecule is CC(C)C[C@H](N)C(=O)N=S(N)(=O)c1cccc(C(F)(F)F)c1. The number of carbonyl (C=O) groups is 1. The van der Waals surface area contributed by atoms with Crippen molar-refractivity contribution in [3.63, 3.8) is 0 Å². The topological polar surface area (TPSA) is 98.5 Å². The van der Waals surface area contributed by atoms with Crippen LogP contribution < -0.4 is 10.9 Å². The number of alkyl halides is 3. The fraction of sp³-hybridized carbons (Fsp3) is 0.462. The van der Waals surface area contributed by atoms with E-state index in [0.717, 1.165) is 18.2 Å². The number of nitrogens with two attached hydrogens (primary N) is 2. The molecule has 0 saturated carbocycles. The zero-order valence-corrected chi connectivity index (χ0v) is 12.9. The van der Waals surface area contributed by atoms with E-state index in [1.54, 1.807) is 0 Å². The lowest BCUT2D eigenvalue weighted by Gasteiger charge is -2.12. The summed E-state index contributed by atoms with van der Waals surface area (Å²) < 4.78 is 53.5. The maximum atomic E-state index is 12.6. The summed E-state index contributed by atoms with van der Waals surface area (Å²) in [7, 11) is -3.78. The van der Waals surface area contributed by atoms with Gasteiger partial charge in [0, 0.05) is 0 Å². The molecule has 0 aliphatic carbocycles. The third-order valence-corrected chi connectivity index (χ3v) is 4.15. The van der Waals surface area contributed by atoms with E-state index in [1.807, 2.05) is 13.8 Å². The third-order valence-electron chi connectivity index (χ3n) is 2.77. The summed E-state index contributed by atoms with van der Waals surface area (Å²) in [6, 6.07) is 2.62. The van der Waals surface area contributed by atoms with Crippen molar-refractivity contribution in [2.45, 2.75) is 37.4 Å². The number of halogens is 3. The first kappa shape index (κ1) is 18.6. The molecule has 4 N–H and O–H groups in total. The van der Waals surface area contributed by atoms with E-state index < -0.39 is 33.6 Å². The molecule has 1 aromatic carbocycles. The van der Waals surface area contributed by atoms with E-state index >= 15 is 0 Å². The van der Waals surface area contributed by atoms with Crippen LogP contribution in [0.4, 0.5) is 13.2 Å². The molecule has 1 rings (SSSR count). The molecule has 5 nitrogen and oxygen atoms in total. The van der Waals surface area contributed by atoms with Crippen LogP contribution in [-0.2, 0) is 20.9 Å². The average molecular weight is 337 g/mol. The lowest BCUT2D eigenvalue weighted by Crippen LogP contribution is -2.32. The first-order chi connectivity index (χ1) is 9.93. The van der Waals surface area contributed by atoms with Crippen LogP contribution in [0.3, 0.4) is 0 Å². The summed E-state index contributed by atoms with van der Waals surface area (Å²) in [5.74, 6) is -0.782. The molecule has 0 aliphatic rings. The standard InChI is InChI=1S/C13H18F3N3O2S/c1-8(2)6-11(17)12(20)19-22(18,21)10-5-3-4-9(7-10)13(14,15)16/h3-5,7-8,11H,6,17H2,1-2H3,(H2,18,19,20,21)/t11-,22?/m0/s1. The normalized spacial score (nSPS) is 16.2. The fourth-order valence-corrected chi connectivity index (χ4v) is 2.79. The van der Waals surface area contributed by atoms with Crippen LogP contribution in [0.1, 0.15) is 25.8 Å². The second kappa shape index (κ2) is 6.76. The maximum Gasteiger partial charge on any atom is 0.416 e. The van der Waals surface area contributed by atoms with Gasteiger partial charge in [0.15, 0.2) is 0 Å². The summed E-state index contributed by atoms with van der Waals surface area (Å²) in [5, 5.41) is 5.44. The summed E-state index contributed by atoms with van der Waals surface area (Å²) >= 11 is 0. The van der Waals surface area contributed by atoms with Crippen LogP contribution in [0.25, 0.3) is 0 Å². The molecule has 0 aliphatic heterocycles. The molecule has 1 unspecified atom stereocenters. The second-order valence-corrected chi connectivity index (χ2v) is 7.05. The lowest BCUT2D eigenvalue weighted by molar-refractivity contribution is -0.137. The van der Waals surface area contributed by atoms with Crippen LogP contribution in [0, 0.1) is 5.92 Å². The minimum absolute atomic E-state index is 0.108. The van der Waals surface area contributed by atoms with Gasteiger partial charge < -0.3 is 5.73 Å². The van der Waals surface area contributed by atoms with E-state index in [4.69, 9.17) is 10.9 Å². The third kappa shape index (κ3) is 5.08. The summed E-state index contributed by atoms with van der Waals surface area (Å²) in [6.07, 6.45) is -4.30. The van der Waals surface area contributed by atoms with Gasteiger partial charge in [0.25, 0.3) is 5.91 Å². The van der Waals surface area contributed by atoms with Gasteiger partial charge in [0.1, 0.15) is 9.92 Å². The fourth-order valence-electron chi connectivity index (χ4n) is 1.72. The molecule has 2 atom stereocenters. The van der Waals surface area contributed by atoms with Crippen molar-refractivity contribution in [1.82, 2.24) is 0 Å². The van der Waals surface area contributed by atoms with Gasteiger partial charge >= 0.3 is 6.18 Å². The Morgan fingerprint density at radius 3 is 2.45 bits per heavy atom. The molecular formula is C13H18F3N3O2S. The second-order valence-electron chi connectivity index (χ2n) is 5.26. The number of hydrogen-bond donors (Lipinski definition) is 2. The summed E-state index contributed by atoms with van der Waals surface area (Å²) in [6.45, 7) is 3.67. The van der Waals surface area contributed by atoms with Gasteiger partial charge in [-0.05, 0) is 30.5 Å². The smallest absolute Gasteiger partial charge is 0.320 e. The average Bonchev–Trinajstić information content (AvgIpc) is 2.36. The number of rotatable bonds is 4. The molecule has 124 valence electrons. The highest BCUT2D eigenvalue weighted by atomic mass is 32.2. The monoisotopic (exact) mass is 337 g/mol. The van der Waals surface area contributed by atoms with Crippen LogP contribution >= 0.6 is 0 Å². The van der Waals surface area contributed by atoms with Gasteiger partial charge in [-0.1, -0.05) is 19.9 Å². The van der Waals surface area contributed by atoms with E-state index in [0.29, 0.717) is 12.5 Å².